The van der Waals surface area contributed by atoms with E-state index in [0.29, 0.717) is 25.9 Å². The molecular formula is C17H29ClFN3O3S. The van der Waals surface area contributed by atoms with Gasteiger partial charge in [0.05, 0.1) is 6.04 Å². The van der Waals surface area contributed by atoms with Crippen molar-refractivity contribution in [3.05, 3.63) is 24.1 Å². The maximum absolute atomic E-state index is 13.3. The SMILES string of the molecule is CC(C)(C)[C@H](N)C(=O)N1CCC(C2(S(N)(=O)=O)C=CC(F)=CC2)CC1.Cl. The molecule has 26 heavy (non-hydrogen) atoms. The van der Waals surface area contributed by atoms with E-state index in [-0.39, 0.29) is 36.1 Å². The molecule has 0 saturated carbocycles. The predicted molar refractivity (Wildman–Crippen MR) is 103 cm³/mol. The van der Waals surface area contributed by atoms with Gasteiger partial charge in [-0.15, -0.1) is 12.4 Å². The molecule has 0 aromatic heterocycles. The Morgan fingerprint density at radius 3 is 2.27 bits per heavy atom. The highest BCUT2D eigenvalue weighted by molar-refractivity contribution is 7.90. The van der Waals surface area contributed by atoms with Crippen molar-refractivity contribution in [2.75, 3.05) is 13.1 Å². The first kappa shape index (κ1) is 23.1. The fraction of sp³-hybridized carbons (Fsp3) is 0.706. The summed E-state index contributed by atoms with van der Waals surface area (Å²) in [6.07, 6.45) is 4.80. The Hall–Kier alpha value is -0.960. The van der Waals surface area contributed by atoms with Crippen molar-refractivity contribution in [3.8, 4) is 0 Å². The molecule has 1 amide bonds. The minimum atomic E-state index is -3.91. The number of carbonyl (C=O) groups excluding carboxylic acids is 1. The van der Waals surface area contributed by atoms with Crippen LogP contribution >= 0.6 is 12.4 Å². The zero-order valence-electron chi connectivity index (χ0n) is 15.4. The number of hydrogen-bond donors (Lipinski definition) is 2. The van der Waals surface area contributed by atoms with E-state index in [9.17, 15) is 17.6 Å². The molecule has 1 fully saturated rings. The van der Waals surface area contributed by atoms with Gasteiger partial charge >= 0.3 is 0 Å². The van der Waals surface area contributed by atoms with Crippen LogP contribution in [0.4, 0.5) is 4.39 Å². The minimum Gasteiger partial charge on any atom is -0.341 e. The Labute approximate surface area is 161 Å². The van der Waals surface area contributed by atoms with Gasteiger partial charge in [0.15, 0.2) is 0 Å². The molecule has 0 spiro atoms. The quantitative estimate of drug-likeness (QED) is 0.741. The molecule has 1 aliphatic heterocycles. The van der Waals surface area contributed by atoms with Crippen LogP contribution in [-0.4, -0.2) is 43.1 Å². The van der Waals surface area contributed by atoms with Gasteiger partial charge in [-0.2, -0.15) is 0 Å². The highest BCUT2D eigenvalue weighted by Crippen LogP contribution is 2.40. The first-order valence-electron chi connectivity index (χ1n) is 8.50. The van der Waals surface area contributed by atoms with Crippen LogP contribution in [0, 0.1) is 11.3 Å². The van der Waals surface area contributed by atoms with Crippen molar-refractivity contribution in [2.45, 2.75) is 50.8 Å². The van der Waals surface area contributed by atoms with Crippen molar-refractivity contribution >= 4 is 28.3 Å². The van der Waals surface area contributed by atoms with Gasteiger partial charge in [-0.1, -0.05) is 26.8 Å². The van der Waals surface area contributed by atoms with Gasteiger partial charge in [0.1, 0.15) is 10.6 Å². The Balaban J connectivity index is 0.00000338. The molecule has 0 aromatic carbocycles. The molecule has 1 aliphatic carbocycles. The summed E-state index contributed by atoms with van der Waals surface area (Å²) in [6.45, 7) is 6.57. The summed E-state index contributed by atoms with van der Waals surface area (Å²) in [7, 11) is -3.91. The van der Waals surface area contributed by atoms with Gasteiger partial charge in [-0.25, -0.2) is 17.9 Å². The van der Waals surface area contributed by atoms with Gasteiger partial charge in [0.25, 0.3) is 0 Å². The summed E-state index contributed by atoms with van der Waals surface area (Å²) in [5.74, 6) is -0.846. The summed E-state index contributed by atoms with van der Waals surface area (Å²) in [4.78, 5) is 14.2. The molecule has 1 heterocycles. The fourth-order valence-corrected chi connectivity index (χ4v) is 4.79. The van der Waals surface area contributed by atoms with Crippen LogP contribution in [0.3, 0.4) is 0 Å². The number of hydrogen-bond acceptors (Lipinski definition) is 4. The number of nitrogens with zero attached hydrogens (tertiary/aromatic N) is 1. The summed E-state index contributed by atoms with van der Waals surface area (Å²) >= 11 is 0. The molecule has 4 N–H and O–H groups in total. The number of amides is 1. The average Bonchev–Trinajstić information content (AvgIpc) is 2.52. The normalized spacial score (nSPS) is 26.1. The van der Waals surface area contributed by atoms with E-state index < -0.39 is 26.6 Å². The van der Waals surface area contributed by atoms with Gasteiger partial charge in [0, 0.05) is 13.1 Å². The minimum absolute atomic E-state index is 0. The average molecular weight is 410 g/mol. The van der Waals surface area contributed by atoms with Crippen molar-refractivity contribution < 1.29 is 17.6 Å². The predicted octanol–water partition coefficient (Wildman–Crippen LogP) is 1.86. The smallest absolute Gasteiger partial charge is 0.240 e. The van der Waals surface area contributed by atoms with E-state index >= 15 is 0 Å². The zero-order valence-corrected chi connectivity index (χ0v) is 17.1. The second-order valence-electron chi connectivity index (χ2n) is 8.07. The highest BCUT2D eigenvalue weighted by atomic mass is 35.5. The van der Waals surface area contributed by atoms with E-state index in [0.717, 1.165) is 0 Å². The van der Waals surface area contributed by atoms with E-state index in [1.165, 1.54) is 18.2 Å². The van der Waals surface area contributed by atoms with Crippen LogP contribution < -0.4 is 10.9 Å². The molecule has 2 atom stereocenters. The second kappa shape index (κ2) is 7.96. The first-order valence-corrected chi connectivity index (χ1v) is 10.0. The number of nitrogens with two attached hydrogens (primary N) is 2. The third-order valence-electron chi connectivity index (χ3n) is 5.37. The van der Waals surface area contributed by atoms with E-state index in [4.69, 9.17) is 10.9 Å². The monoisotopic (exact) mass is 409 g/mol. The van der Waals surface area contributed by atoms with Crippen LogP contribution in [-0.2, 0) is 14.8 Å². The zero-order chi connectivity index (χ0) is 19.0. The number of allylic oxidation sites excluding steroid dienone is 3. The highest BCUT2D eigenvalue weighted by Gasteiger charge is 2.48. The van der Waals surface area contributed by atoms with Crippen LogP contribution in [0.25, 0.3) is 0 Å². The molecule has 0 radical (unpaired) electrons. The number of primary sulfonamides is 1. The van der Waals surface area contributed by atoms with Crippen LogP contribution in [0.2, 0.25) is 0 Å². The van der Waals surface area contributed by atoms with Crippen molar-refractivity contribution in [2.24, 2.45) is 22.2 Å². The van der Waals surface area contributed by atoms with E-state index in [1.54, 1.807) is 4.90 Å². The lowest BCUT2D eigenvalue weighted by Crippen LogP contribution is -2.56. The molecule has 0 aromatic rings. The number of piperidine rings is 1. The Morgan fingerprint density at radius 2 is 1.88 bits per heavy atom. The largest absolute Gasteiger partial charge is 0.341 e. The first-order chi connectivity index (χ1) is 11.4. The molecular weight excluding hydrogens is 381 g/mol. The lowest BCUT2D eigenvalue weighted by molar-refractivity contribution is -0.136. The Kier molecular flexibility index (Phi) is 7.07. The molecule has 0 bridgehead atoms. The Morgan fingerprint density at radius 1 is 1.35 bits per heavy atom. The molecule has 2 rings (SSSR count). The summed E-state index contributed by atoms with van der Waals surface area (Å²) in [5.41, 5.74) is 5.70. The maximum atomic E-state index is 13.3. The molecule has 9 heteroatoms. The molecule has 1 unspecified atom stereocenters. The summed E-state index contributed by atoms with van der Waals surface area (Å²) < 4.78 is 36.5. The van der Waals surface area contributed by atoms with Crippen LogP contribution in [0.1, 0.15) is 40.0 Å². The second-order valence-corrected chi connectivity index (χ2v) is 9.92. The molecule has 6 nitrogen and oxygen atoms in total. The standard InChI is InChI=1S/C17H28FN3O3S.ClH/c1-16(2,3)14(19)15(22)21-10-6-12(7-11-21)17(25(20,23)24)8-4-13(18)5-9-17;/h4-5,8,12,14H,6-7,9-11,19H2,1-3H3,(H2,20,23,24);1H/t14-,17?;/m1./s1. The summed E-state index contributed by atoms with van der Waals surface area (Å²) in [6, 6.07) is -0.608. The summed E-state index contributed by atoms with van der Waals surface area (Å²) in [5, 5.41) is 5.49. The number of sulfonamides is 1. The van der Waals surface area contributed by atoms with Crippen LogP contribution in [0.15, 0.2) is 24.1 Å². The molecule has 1 saturated heterocycles. The van der Waals surface area contributed by atoms with Gasteiger partial charge < -0.3 is 10.6 Å². The number of carbonyl (C=O) groups is 1. The van der Waals surface area contributed by atoms with Crippen LogP contribution in [0.5, 0.6) is 0 Å². The third kappa shape index (κ3) is 4.47. The van der Waals surface area contributed by atoms with Crippen molar-refractivity contribution in [1.82, 2.24) is 4.90 Å². The van der Waals surface area contributed by atoms with E-state index in [2.05, 4.69) is 0 Å². The maximum Gasteiger partial charge on any atom is 0.240 e. The lowest BCUT2D eigenvalue weighted by atomic mass is 9.79. The topological polar surface area (TPSA) is 106 Å². The molecule has 150 valence electrons. The van der Waals surface area contributed by atoms with Gasteiger partial charge in [0.2, 0.25) is 15.9 Å². The van der Waals surface area contributed by atoms with E-state index in [1.807, 2.05) is 20.8 Å². The van der Waals surface area contributed by atoms with Crippen molar-refractivity contribution in [1.29, 1.82) is 0 Å². The number of halogens is 2. The van der Waals surface area contributed by atoms with Gasteiger partial charge in [-0.05, 0) is 42.7 Å². The third-order valence-corrected chi connectivity index (χ3v) is 7.06. The Bertz CT molecular complexity index is 695. The molecule has 2 aliphatic rings. The van der Waals surface area contributed by atoms with Crippen molar-refractivity contribution in [3.63, 3.8) is 0 Å². The number of likely N-dealkylation sites (tertiary alicyclic amines) is 1. The number of rotatable bonds is 3. The fourth-order valence-electron chi connectivity index (χ4n) is 3.52. The lowest BCUT2D eigenvalue weighted by Gasteiger charge is -2.43. The van der Waals surface area contributed by atoms with Gasteiger partial charge in [-0.3, -0.25) is 4.79 Å².